The highest BCUT2D eigenvalue weighted by molar-refractivity contribution is 7.89. The second kappa shape index (κ2) is 11.2. The van der Waals surface area contributed by atoms with Crippen LogP contribution < -0.4 is 15.8 Å². The molecule has 3 aromatic carbocycles. The molecule has 0 aliphatic heterocycles. The summed E-state index contributed by atoms with van der Waals surface area (Å²) in [4.78, 5) is 25.6. The Kier molecular flexibility index (Phi) is 7.99. The Bertz CT molecular complexity index is 1390. The van der Waals surface area contributed by atoms with Gasteiger partial charge in [0.05, 0.1) is 4.90 Å². The van der Waals surface area contributed by atoms with Crippen LogP contribution in [0.5, 0.6) is 0 Å². The molecule has 3 aromatic rings. The van der Waals surface area contributed by atoms with Crippen LogP contribution in [0.2, 0.25) is 0 Å². The SMILES string of the molecule is NS(=O)(=O)c1ccccc1-c1ccc(CNC(=O)[C@@H]2CCC[C@H]2C(=O)NCc2cc(F)cc(F)c2)cc1. The number of halogens is 2. The molecule has 0 spiro atoms. The summed E-state index contributed by atoms with van der Waals surface area (Å²) in [5.41, 5.74) is 2.27. The number of carbonyl (C=O) groups excluding carboxylic acids is 2. The van der Waals surface area contributed by atoms with E-state index in [-0.39, 0.29) is 29.8 Å². The maximum absolute atomic E-state index is 13.4. The molecular formula is C27H27F2N3O4S. The van der Waals surface area contributed by atoms with Crippen molar-refractivity contribution in [3.8, 4) is 11.1 Å². The first-order valence-corrected chi connectivity index (χ1v) is 13.4. The Morgan fingerprint density at radius 1 is 0.811 bits per heavy atom. The van der Waals surface area contributed by atoms with Crippen LogP contribution in [0.25, 0.3) is 11.1 Å². The third-order valence-corrected chi connectivity index (χ3v) is 7.47. The minimum atomic E-state index is -3.88. The molecule has 0 heterocycles. The number of hydrogen-bond donors (Lipinski definition) is 3. The summed E-state index contributed by atoms with van der Waals surface area (Å²) in [6.45, 7) is 0.211. The van der Waals surface area contributed by atoms with Crippen LogP contribution in [0, 0.1) is 23.5 Å². The summed E-state index contributed by atoms with van der Waals surface area (Å²) in [7, 11) is -3.88. The molecule has 2 atom stereocenters. The fourth-order valence-electron chi connectivity index (χ4n) is 4.70. The lowest BCUT2D eigenvalue weighted by atomic mass is 9.94. The standard InChI is InChI=1S/C27H27F2N3O4S/c28-20-12-18(13-21(29)14-20)16-32-27(34)24-6-3-5-23(24)26(33)31-15-17-8-10-19(11-9-17)22-4-1-2-7-25(22)37(30,35)36/h1-2,4,7-14,23-24H,3,5-6,15-16H2,(H,31,33)(H,32,34)(H2,30,35,36)/t23-,24-/m1/s1. The minimum Gasteiger partial charge on any atom is -0.352 e. The zero-order valence-electron chi connectivity index (χ0n) is 19.9. The molecule has 1 aliphatic rings. The molecule has 0 aromatic heterocycles. The van der Waals surface area contributed by atoms with Crippen molar-refractivity contribution >= 4 is 21.8 Å². The van der Waals surface area contributed by atoms with Gasteiger partial charge < -0.3 is 10.6 Å². The van der Waals surface area contributed by atoms with E-state index in [1.54, 1.807) is 42.5 Å². The van der Waals surface area contributed by atoms with Crippen molar-refractivity contribution < 1.29 is 26.8 Å². The van der Waals surface area contributed by atoms with Gasteiger partial charge in [-0.2, -0.15) is 0 Å². The molecular weight excluding hydrogens is 500 g/mol. The van der Waals surface area contributed by atoms with E-state index in [4.69, 9.17) is 5.14 Å². The summed E-state index contributed by atoms with van der Waals surface area (Å²) in [6.07, 6.45) is 1.85. The monoisotopic (exact) mass is 527 g/mol. The van der Waals surface area contributed by atoms with Crippen molar-refractivity contribution in [1.29, 1.82) is 0 Å². The number of hydrogen-bond acceptors (Lipinski definition) is 4. The minimum absolute atomic E-state index is 0.0285. The van der Waals surface area contributed by atoms with Gasteiger partial charge >= 0.3 is 0 Å². The Labute approximate surface area is 214 Å². The van der Waals surface area contributed by atoms with Crippen LogP contribution in [-0.2, 0) is 32.7 Å². The van der Waals surface area contributed by atoms with E-state index in [1.165, 1.54) is 6.07 Å². The Hall–Kier alpha value is -3.63. The number of sulfonamides is 1. The van der Waals surface area contributed by atoms with Gasteiger partial charge in [-0.25, -0.2) is 22.3 Å². The molecule has 7 nitrogen and oxygen atoms in total. The van der Waals surface area contributed by atoms with Gasteiger partial charge in [0, 0.05) is 36.6 Å². The van der Waals surface area contributed by atoms with E-state index in [9.17, 15) is 26.8 Å². The van der Waals surface area contributed by atoms with E-state index in [0.717, 1.165) is 30.2 Å². The Morgan fingerprint density at radius 2 is 1.35 bits per heavy atom. The molecule has 0 unspecified atom stereocenters. The van der Waals surface area contributed by atoms with Crippen LogP contribution in [0.4, 0.5) is 8.78 Å². The van der Waals surface area contributed by atoms with Crippen molar-refractivity contribution in [3.05, 3.63) is 89.5 Å². The third kappa shape index (κ3) is 6.58. The molecule has 10 heteroatoms. The molecule has 1 aliphatic carbocycles. The highest BCUT2D eigenvalue weighted by Gasteiger charge is 2.37. The van der Waals surface area contributed by atoms with Gasteiger partial charge in [-0.3, -0.25) is 9.59 Å². The largest absolute Gasteiger partial charge is 0.352 e. The first-order valence-electron chi connectivity index (χ1n) is 11.8. The highest BCUT2D eigenvalue weighted by Crippen LogP contribution is 2.32. The lowest BCUT2D eigenvalue weighted by molar-refractivity contribution is -0.133. The van der Waals surface area contributed by atoms with Gasteiger partial charge in [0.1, 0.15) is 11.6 Å². The molecule has 1 fully saturated rings. The zero-order chi connectivity index (χ0) is 26.6. The maximum atomic E-state index is 13.4. The fraction of sp³-hybridized carbons (Fsp3) is 0.259. The van der Waals surface area contributed by atoms with E-state index < -0.39 is 33.5 Å². The quantitative estimate of drug-likeness (QED) is 0.415. The summed E-state index contributed by atoms with van der Waals surface area (Å²) in [6, 6.07) is 16.6. The topological polar surface area (TPSA) is 118 Å². The number of amides is 2. The van der Waals surface area contributed by atoms with Gasteiger partial charge in [-0.1, -0.05) is 48.9 Å². The smallest absolute Gasteiger partial charge is 0.238 e. The van der Waals surface area contributed by atoms with Crippen LogP contribution >= 0.6 is 0 Å². The lowest BCUT2D eigenvalue weighted by Gasteiger charge is -2.19. The second-order valence-electron chi connectivity index (χ2n) is 9.10. The third-order valence-electron chi connectivity index (χ3n) is 6.50. The van der Waals surface area contributed by atoms with Gasteiger partial charge in [0.25, 0.3) is 0 Å². The van der Waals surface area contributed by atoms with E-state index >= 15 is 0 Å². The Balaban J connectivity index is 1.35. The zero-order valence-corrected chi connectivity index (χ0v) is 20.7. The van der Waals surface area contributed by atoms with Crippen LogP contribution in [0.1, 0.15) is 30.4 Å². The number of benzene rings is 3. The molecule has 194 valence electrons. The molecule has 4 N–H and O–H groups in total. The van der Waals surface area contributed by atoms with E-state index in [2.05, 4.69) is 10.6 Å². The molecule has 0 bridgehead atoms. The average molecular weight is 528 g/mol. The summed E-state index contributed by atoms with van der Waals surface area (Å²) < 4.78 is 50.5. The van der Waals surface area contributed by atoms with Gasteiger partial charge in [0.15, 0.2) is 0 Å². The van der Waals surface area contributed by atoms with Crippen molar-refractivity contribution in [2.24, 2.45) is 17.0 Å². The van der Waals surface area contributed by atoms with Crippen molar-refractivity contribution in [2.75, 3.05) is 0 Å². The normalized spacial score (nSPS) is 17.4. The van der Waals surface area contributed by atoms with E-state index in [1.807, 2.05) is 0 Å². The summed E-state index contributed by atoms with van der Waals surface area (Å²) in [5.74, 6) is -3.01. The molecule has 0 radical (unpaired) electrons. The lowest BCUT2D eigenvalue weighted by Crippen LogP contribution is -2.39. The highest BCUT2D eigenvalue weighted by atomic mass is 32.2. The van der Waals surface area contributed by atoms with Crippen molar-refractivity contribution in [3.63, 3.8) is 0 Å². The summed E-state index contributed by atoms with van der Waals surface area (Å²) >= 11 is 0. The Morgan fingerprint density at radius 3 is 1.92 bits per heavy atom. The molecule has 2 amide bonds. The van der Waals surface area contributed by atoms with Crippen LogP contribution in [0.15, 0.2) is 71.6 Å². The number of nitrogens with two attached hydrogens (primary N) is 1. The number of rotatable bonds is 8. The van der Waals surface area contributed by atoms with Gasteiger partial charge in [-0.05, 0) is 47.7 Å². The average Bonchev–Trinajstić information content (AvgIpc) is 3.35. The van der Waals surface area contributed by atoms with Crippen molar-refractivity contribution in [1.82, 2.24) is 10.6 Å². The van der Waals surface area contributed by atoms with Gasteiger partial charge in [-0.15, -0.1) is 0 Å². The van der Waals surface area contributed by atoms with Crippen LogP contribution in [0.3, 0.4) is 0 Å². The van der Waals surface area contributed by atoms with Crippen LogP contribution in [-0.4, -0.2) is 20.2 Å². The first kappa shape index (κ1) is 26.4. The molecule has 1 saturated carbocycles. The predicted molar refractivity (Wildman–Crippen MR) is 134 cm³/mol. The fourth-order valence-corrected chi connectivity index (χ4v) is 5.46. The van der Waals surface area contributed by atoms with Gasteiger partial charge in [0.2, 0.25) is 21.8 Å². The molecule has 37 heavy (non-hydrogen) atoms. The predicted octanol–water partition coefficient (Wildman–Crippen LogP) is 3.63. The number of primary sulfonamides is 1. The number of carbonyl (C=O) groups is 2. The first-order chi connectivity index (χ1) is 17.6. The summed E-state index contributed by atoms with van der Waals surface area (Å²) in [5, 5.41) is 10.9. The van der Waals surface area contributed by atoms with E-state index in [0.29, 0.717) is 29.5 Å². The van der Waals surface area contributed by atoms with Crippen molar-refractivity contribution in [2.45, 2.75) is 37.2 Å². The molecule has 0 saturated heterocycles. The molecule has 4 rings (SSSR count). The second-order valence-corrected chi connectivity index (χ2v) is 10.6. The maximum Gasteiger partial charge on any atom is 0.238 e. The number of nitrogens with one attached hydrogen (secondary N) is 2.